The molecule has 128 valence electrons. The smallest absolute Gasteiger partial charge is 0.191 e. The summed E-state index contributed by atoms with van der Waals surface area (Å²) in [5.41, 5.74) is 1.10. The predicted octanol–water partition coefficient (Wildman–Crippen LogP) is 2.39. The van der Waals surface area contributed by atoms with Crippen molar-refractivity contribution < 1.29 is 9.47 Å². The number of fused-ring (bicyclic) bond motifs is 1. The van der Waals surface area contributed by atoms with Gasteiger partial charge in [0.2, 0.25) is 0 Å². The van der Waals surface area contributed by atoms with Gasteiger partial charge in [-0.2, -0.15) is 0 Å². The first-order chi connectivity index (χ1) is 11.8. The molecule has 0 fully saturated rings. The average molecular weight is 393 g/mol. The lowest BCUT2D eigenvalue weighted by Crippen LogP contribution is -2.38. The molecule has 0 unspecified atom stereocenters. The van der Waals surface area contributed by atoms with Crippen molar-refractivity contribution in [3.05, 3.63) is 46.7 Å². The number of benzene rings is 1. The summed E-state index contributed by atoms with van der Waals surface area (Å²) in [7, 11) is 1.77. The summed E-state index contributed by atoms with van der Waals surface area (Å²) in [6.07, 6.45) is 4.09. The van der Waals surface area contributed by atoms with Crippen LogP contribution in [-0.2, 0) is 13.1 Å². The molecule has 1 aromatic heterocycles. The number of ether oxygens (including phenoxy) is 2. The lowest BCUT2D eigenvalue weighted by molar-refractivity contribution is 0.170. The fraction of sp³-hybridized carbons (Fsp3) is 0.353. The second kappa shape index (κ2) is 8.10. The molecule has 0 aliphatic carbocycles. The highest BCUT2D eigenvalue weighted by Gasteiger charge is 2.16. The van der Waals surface area contributed by atoms with Gasteiger partial charge in [0.1, 0.15) is 13.2 Å². The van der Waals surface area contributed by atoms with Gasteiger partial charge in [-0.05, 0) is 45.8 Å². The number of aliphatic imine (C=N–C) groups is 1. The third kappa shape index (κ3) is 4.23. The lowest BCUT2D eigenvalue weighted by atomic mass is 10.2. The Morgan fingerprint density at radius 3 is 2.79 bits per heavy atom. The number of guanidine groups is 1. The Hall–Kier alpha value is -2.15. The number of aromatic nitrogens is 1. The maximum absolute atomic E-state index is 5.65. The Labute approximate surface area is 150 Å². The third-order valence-electron chi connectivity index (χ3n) is 3.67. The highest BCUT2D eigenvalue weighted by Crippen LogP contribution is 2.38. The van der Waals surface area contributed by atoms with Crippen molar-refractivity contribution in [3.8, 4) is 11.5 Å². The summed E-state index contributed by atoms with van der Waals surface area (Å²) in [5.74, 6) is 2.33. The molecule has 0 spiro atoms. The van der Waals surface area contributed by atoms with Crippen LogP contribution in [0.1, 0.15) is 5.56 Å². The zero-order valence-corrected chi connectivity index (χ0v) is 15.2. The molecule has 2 aromatic rings. The fourth-order valence-corrected chi connectivity index (χ4v) is 3.10. The second-order valence-corrected chi connectivity index (χ2v) is 6.23. The van der Waals surface area contributed by atoms with Gasteiger partial charge >= 0.3 is 0 Å². The van der Waals surface area contributed by atoms with E-state index in [-0.39, 0.29) is 0 Å². The Bertz CT molecular complexity index is 701. The third-order valence-corrected chi connectivity index (χ3v) is 4.26. The standard InChI is InChI=1S/C17H21BrN4O2/c1-19-17(20-4-7-22-5-2-3-6-22)21-12-13-10-14(18)16-15(11-13)23-8-9-24-16/h2-3,5-6,10-11H,4,7-9,12H2,1H3,(H2,19,20,21). The highest BCUT2D eigenvalue weighted by atomic mass is 79.9. The molecule has 1 aliphatic heterocycles. The monoisotopic (exact) mass is 392 g/mol. The topological polar surface area (TPSA) is 59.8 Å². The number of nitrogens with zero attached hydrogens (tertiary/aromatic N) is 2. The van der Waals surface area contributed by atoms with Gasteiger partial charge in [-0.3, -0.25) is 4.99 Å². The van der Waals surface area contributed by atoms with Crippen LogP contribution < -0.4 is 20.1 Å². The van der Waals surface area contributed by atoms with Crippen LogP contribution in [0.5, 0.6) is 11.5 Å². The number of hydrogen-bond acceptors (Lipinski definition) is 3. The van der Waals surface area contributed by atoms with E-state index in [1.807, 2.05) is 36.7 Å². The summed E-state index contributed by atoms with van der Waals surface area (Å²) < 4.78 is 14.3. The van der Waals surface area contributed by atoms with E-state index in [9.17, 15) is 0 Å². The van der Waals surface area contributed by atoms with E-state index >= 15 is 0 Å². The number of hydrogen-bond donors (Lipinski definition) is 2. The Morgan fingerprint density at radius 1 is 1.21 bits per heavy atom. The normalized spacial score (nSPS) is 13.7. The number of nitrogens with one attached hydrogen (secondary N) is 2. The quantitative estimate of drug-likeness (QED) is 0.605. The van der Waals surface area contributed by atoms with Crippen molar-refractivity contribution >= 4 is 21.9 Å². The maximum atomic E-state index is 5.65. The molecule has 0 atom stereocenters. The van der Waals surface area contributed by atoms with Crippen LogP contribution >= 0.6 is 15.9 Å². The lowest BCUT2D eigenvalue weighted by Gasteiger charge is -2.21. The van der Waals surface area contributed by atoms with Crippen LogP contribution in [0.4, 0.5) is 0 Å². The summed E-state index contributed by atoms with van der Waals surface area (Å²) in [4.78, 5) is 4.25. The highest BCUT2D eigenvalue weighted by molar-refractivity contribution is 9.10. The summed E-state index contributed by atoms with van der Waals surface area (Å²) >= 11 is 3.54. The molecule has 7 heteroatoms. The van der Waals surface area contributed by atoms with Crippen molar-refractivity contribution in [2.45, 2.75) is 13.1 Å². The van der Waals surface area contributed by atoms with E-state index in [4.69, 9.17) is 9.47 Å². The summed E-state index contributed by atoms with van der Waals surface area (Å²) in [6, 6.07) is 8.08. The minimum atomic E-state index is 0.582. The first-order valence-electron chi connectivity index (χ1n) is 7.89. The molecule has 0 saturated carbocycles. The zero-order valence-electron chi connectivity index (χ0n) is 13.6. The van der Waals surface area contributed by atoms with E-state index < -0.39 is 0 Å². The predicted molar refractivity (Wildman–Crippen MR) is 97.8 cm³/mol. The molecule has 24 heavy (non-hydrogen) atoms. The van der Waals surface area contributed by atoms with Crippen molar-refractivity contribution in [1.82, 2.24) is 15.2 Å². The van der Waals surface area contributed by atoms with E-state index in [1.54, 1.807) is 7.05 Å². The number of halogens is 1. The van der Waals surface area contributed by atoms with Gasteiger partial charge in [-0.25, -0.2) is 0 Å². The molecule has 0 saturated heterocycles. The van der Waals surface area contributed by atoms with E-state index in [0.29, 0.717) is 19.8 Å². The second-order valence-electron chi connectivity index (χ2n) is 5.38. The average Bonchev–Trinajstić information content (AvgIpc) is 3.11. The van der Waals surface area contributed by atoms with Gasteiger partial charge in [0.15, 0.2) is 17.5 Å². The summed E-state index contributed by atoms with van der Waals surface area (Å²) in [6.45, 7) is 3.51. The molecule has 0 amide bonds. The van der Waals surface area contributed by atoms with Gasteiger partial charge in [0.05, 0.1) is 4.47 Å². The molecule has 0 radical (unpaired) electrons. The van der Waals surface area contributed by atoms with Gasteiger partial charge in [0.25, 0.3) is 0 Å². The Balaban J connectivity index is 1.53. The molecule has 1 aromatic carbocycles. The number of rotatable bonds is 5. The van der Waals surface area contributed by atoms with Crippen LogP contribution in [-0.4, -0.2) is 37.3 Å². The molecule has 6 nitrogen and oxygen atoms in total. The SMILES string of the molecule is CN=C(NCCn1cccc1)NCc1cc(Br)c2c(c1)OCCO2. The molecule has 3 rings (SSSR count). The maximum Gasteiger partial charge on any atom is 0.191 e. The van der Waals surface area contributed by atoms with Crippen molar-refractivity contribution in [2.24, 2.45) is 4.99 Å². The van der Waals surface area contributed by atoms with Gasteiger partial charge in [0, 0.05) is 39.1 Å². The molecule has 2 heterocycles. The molecule has 2 N–H and O–H groups in total. The Morgan fingerprint density at radius 2 is 2.00 bits per heavy atom. The minimum absolute atomic E-state index is 0.582. The van der Waals surface area contributed by atoms with Crippen LogP contribution in [0.3, 0.4) is 0 Å². The van der Waals surface area contributed by atoms with E-state index in [2.05, 4.69) is 36.1 Å². The van der Waals surface area contributed by atoms with Gasteiger partial charge < -0.3 is 24.7 Å². The van der Waals surface area contributed by atoms with Gasteiger partial charge in [-0.15, -0.1) is 0 Å². The first-order valence-corrected chi connectivity index (χ1v) is 8.69. The van der Waals surface area contributed by atoms with E-state index in [0.717, 1.165) is 40.6 Å². The van der Waals surface area contributed by atoms with Crippen LogP contribution in [0.15, 0.2) is 46.1 Å². The molecular weight excluding hydrogens is 372 g/mol. The Kier molecular flexibility index (Phi) is 5.63. The molecular formula is C17H21BrN4O2. The molecule has 0 bridgehead atoms. The van der Waals surface area contributed by atoms with E-state index in [1.165, 1.54) is 0 Å². The van der Waals surface area contributed by atoms with Crippen molar-refractivity contribution in [1.29, 1.82) is 0 Å². The first kappa shape index (κ1) is 16.7. The van der Waals surface area contributed by atoms with Gasteiger partial charge in [-0.1, -0.05) is 0 Å². The van der Waals surface area contributed by atoms with Crippen LogP contribution in [0, 0.1) is 0 Å². The largest absolute Gasteiger partial charge is 0.486 e. The zero-order chi connectivity index (χ0) is 16.8. The summed E-state index contributed by atoms with van der Waals surface area (Å²) in [5, 5.41) is 6.62. The van der Waals surface area contributed by atoms with Crippen molar-refractivity contribution in [2.75, 3.05) is 26.8 Å². The fourth-order valence-electron chi connectivity index (χ4n) is 2.50. The minimum Gasteiger partial charge on any atom is -0.486 e. The van der Waals surface area contributed by atoms with Crippen LogP contribution in [0.2, 0.25) is 0 Å². The van der Waals surface area contributed by atoms with Crippen molar-refractivity contribution in [3.63, 3.8) is 0 Å². The van der Waals surface area contributed by atoms with Crippen LogP contribution in [0.25, 0.3) is 0 Å². The molecule has 1 aliphatic rings.